The number of carbonyl (C=O) groups excluding carboxylic acids is 2. The van der Waals surface area contributed by atoms with E-state index in [4.69, 9.17) is 4.42 Å². The van der Waals surface area contributed by atoms with E-state index in [1.165, 1.54) is 6.92 Å². The molecular formula is C30H32N4O3. The molecule has 3 aromatic carbocycles. The fraction of sp³-hybridized carbons (Fsp3) is 0.300. The monoisotopic (exact) mass is 496 g/mol. The number of oxazole rings is 1. The number of aromatic nitrogens is 1. The molecule has 4 aromatic rings. The van der Waals surface area contributed by atoms with Gasteiger partial charge >= 0.3 is 0 Å². The van der Waals surface area contributed by atoms with Gasteiger partial charge < -0.3 is 19.5 Å². The van der Waals surface area contributed by atoms with E-state index in [0.29, 0.717) is 12.6 Å². The molecule has 1 saturated heterocycles. The van der Waals surface area contributed by atoms with Crippen LogP contribution in [0, 0.1) is 5.92 Å². The van der Waals surface area contributed by atoms with Crippen LogP contribution in [0.15, 0.2) is 83.3 Å². The van der Waals surface area contributed by atoms with Crippen molar-refractivity contribution in [3.05, 3.63) is 90.0 Å². The van der Waals surface area contributed by atoms with Crippen molar-refractivity contribution in [1.29, 1.82) is 0 Å². The van der Waals surface area contributed by atoms with Crippen LogP contribution in [0.3, 0.4) is 0 Å². The van der Waals surface area contributed by atoms with E-state index in [1.54, 1.807) is 0 Å². The van der Waals surface area contributed by atoms with Crippen molar-refractivity contribution in [2.75, 3.05) is 23.3 Å². The largest absolute Gasteiger partial charge is 0.423 e. The molecule has 0 radical (unpaired) electrons. The summed E-state index contributed by atoms with van der Waals surface area (Å²) in [7, 11) is 0. The smallest absolute Gasteiger partial charge is 0.298 e. The van der Waals surface area contributed by atoms with Gasteiger partial charge in [-0.25, -0.2) is 0 Å². The Hall–Kier alpha value is -4.13. The van der Waals surface area contributed by atoms with Gasteiger partial charge in [0.25, 0.3) is 6.01 Å². The quantitative estimate of drug-likeness (QED) is 0.350. The first-order chi connectivity index (χ1) is 18.0. The number of anilines is 2. The lowest BCUT2D eigenvalue weighted by Gasteiger charge is -2.36. The average molecular weight is 497 g/mol. The van der Waals surface area contributed by atoms with Gasteiger partial charge in [0, 0.05) is 38.2 Å². The molecule has 2 heterocycles. The summed E-state index contributed by atoms with van der Waals surface area (Å²) in [6.45, 7) is 5.51. The van der Waals surface area contributed by atoms with Gasteiger partial charge in [0.05, 0.1) is 6.04 Å². The molecule has 0 bridgehead atoms. The van der Waals surface area contributed by atoms with E-state index in [9.17, 15) is 9.59 Å². The minimum atomic E-state index is -0.156. The van der Waals surface area contributed by atoms with Crippen molar-refractivity contribution in [3.8, 4) is 0 Å². The molecule has 1 aliphatic rings. The number of amides is 2. The fourth-order valence-corrected chi connectivity index (χ4v) is 4.99. The van der Waals surface area contributed by atoms with Crippen LogP contribution in [-0.4, -0.2) is 34.8 Å². The molecule has 1 aromatic heterocycles. The zero-order valence-corrected chi connectivity index (χ0v) is 21.3. The molecule has 7 heteroatoms. The third-order valence-corrected chi connectivity index (χ3v) is 7.03. The third kappa shape index (κ3) is 5.66. The van der Waals surface area contributed by atoms with Crippen molar-refractivity contribution in [2.45, 2.75) is 39.3 Å². The number of hydrogen-bond donors (Lipinski definition) is 1. The van der Waals surface area contributed by atoms with Gasteiger partial charge in [-0.05, 0) is 55.2 Å². The SMILES string of the molecule is CC(=O)Nc1cccc(C(C)N(Cc2ccccc2)C(=O)C2CCN(c3nc4ccccc4o3)CC2)c1. The highest BCUT2D eigenvalue weighted by atomic mass is 16.4. The minimum Gasteiger partial charge on any atom is -0.423 e. The third-order valence-electron chi connectivity index (χ3n) is 7.03. The number of benzene rings is 3. The number of piperidine rings is 1. The lowest BCUT2D eigenvalue weighted by atomic mass is 9.93. The maximum atomic E-state index is 14.0. The lowest BCUT2D eigenvalue weighted by Crippen LogP contribution is -2.43. The molecule has 0 spiro atoms. The van der Waals surface area contributed by atoms with Gasteiger partial charge in [-0.1, -0.05) is 54.6 Å². The van der Waals surface area contributed by atoms with E-state index in [1.807, 2.05) is 71.6 Å². The molecule has 37 heavy (non-hydrogen) atoms. The molecule has 1 unspecified atom stereocenters. The molecule has 7 nitrogen and oxygen atoms in total. The van der Waals surface area contributed by atoms with Crippen molar-refractivity contribution >= 4 is 34.6 Å². The summed E-state index contributed by atoms with van der Waals surface area (Å²) in [5, 5.41) is 2.85. The first-order valence-electron chi connectivity index (χ1n) is 12.8. The van der Waals surface area contributed by atoms with Crippen molar-refractivity contribution in [1.82, 2.24) is 9.88 Å². The van der Waals surface area contributed by atoms with Crippen LogP contribution in [-0.2, 0) is 16.1 Å². The number of hydrogen-bond acceptors (Lipinski definition) is 5. The van der Waals surface area contributed by atoms with Gasteiger partial charge in [0.1, 0.15) is 5.52 Å². The summed E-state index contributed by atoms with van der Waals surface area (Å²) < 4.78 is 5.95. The zero-order valence-electron chi connectivity index (χ0n) is 21.3. The molecule has 0 aliphatic carbocycles. The standard InChI is InChI=1S/C30H32N4O3/c1-21(25-11-8-12-26(19-25)31-22(2)35)34(20-23-9-4-3-5-10-23)29(36)24-15-17-33(18-16-24)30-32-27-13-6-7-14-28(27)37-30/h3-14,19,21,24H,15-18,20H2,1-2H3,(H,31,35). The summed E-state index contributed by atoms with van der Waals surface area (Å²) in [6.07, 6.45) is 1.48. The van der Waals surface area contributed by atoms with E-state index in [-0.39, 0.29) is 23.8 Å². The summed E-state index contributed by atoms with van der Waals surface area (Å²) >= 11 is 0. The van der Waals surface area contributed by atoms with Gasteiger partial charge in [-0.3, -0.25) is 9.59 Å². The number of nitrogens with one attached hydrogen (secondary N) is 1. The van der Waals surface area contributed by atoms with Gasteiger partial charge in [0.2, 0.25) is 11.8 Å². The maximum Gasteiger partial charge on any atom is 0.298 e. The highest BCUT2D eigenvalue weighted by molar-refractivity contribution is 5.88. The second-order valence-corrected chi connectivity index (χ2v) is 9.66. The highest BCUT2D eigenvalue weighted by Gasteiger charge is 2.32. The van der Waals surface area contributed by atoms with Crippen LogP contribution in [0.25, 0.3) is 11.1 Å². The summed E-state index contributed by atoms with van der Waals surface area (Å²) in [5.74, 6) is -0.0449. The van der Waals surface area contributed by atoms with Crippen molar-refractivity contribution in [2.24, 2.45) is 5.92 Å². The Morgan fingerprint density at radius 1 is 1.03 bits per heavy atom. The molecule has 1 N–H and O–H groups in total. The first-order valence-corrected chi connectivity index (χ1v) is 12.8. The Balaban J connectivity index is 1.33. The molecule has 0 saturated carbocycles. The Kier molecular flexibility index (Phi) is 7.21. The van der Waals surface area contributed by atoms with Crippen LogP contribution in [0.4, 0.5) is 11.7 Å². The molecule has 1 fully saturated rings. The summed E-state index contributed by atoms with van der Waals surface area (Å²) in [6, 6.07) is 26.1. The van der Waals surface area contributed by atoms with Crippen LogP contribution in [0.1, 0.15) is 43.9 Å². The normalized spacial score (nSPS) is 14.9. The molecule has 5 rings (SSSR count). The number of carbonyl (C=O) groups is 2. The van der Waals surface area contributed by atoms with Crippen molar-refractivity contribution < 1.29 is 14.0 Å². The second kappa shape index (κ2) is 10.9. The van der Waals surface area contributed by atoms with Crippen LogP contribution < -0.4 is 10.2 Å². The van der Waals surface area contributed by atoms with E-state index >= 15 is 0 Å². The number of fused-ring (bicyclic) bond motifs is 1. The second-order valence-electron chi connectivity index (χ2n) is 9.66. The van der Waals surface area contributed by atoms with Gasteiger partial charge in [0.15, 0.2) is 5.58 Å². The topological polar surface area (TPSA) is 78.7 Å². The predicted octanol–water partition coefficient (Wildman–Crippen LogP) is 5.79. The Morgan fingerprint density at radius 2 is 1.76 bits per heavy atom. The van der Waals surface area contributed by atoms with E-state index < -0.39 is 0 Å². The molecular weight excluding hydrogens is 464 g/mol. The minimum absolute atomic E-state index is 0.0784. The average Bonchev–Trinajstić information content (AvgIpc) is 3.36. The van der Waals surface area contributed by atoms with Gasteiger partial charge in [-0.2, -0.15) is 4.98 Å². The lowest BCUT2D eigenvalue weighted by molar-refractivity contribution is -0.139. The Bertz CT molecular complexity index is 1340. The maximum absolute atomic E-state index is 14.0. The first kappa shape index (κ1) is 24.6. The van der Waals surface area contributed by atoms with Crippen LogP contribution in [0.2, 0.25) is 0 Å². The van der Waals surface area contributed by atoms with E-state index in [0.717, 1.165) is 53.8 Å². The molecule has 1 atom stereocenters. The van der Waals surface area contributed by atoms with E-state index in [2.05, 4.69) is 34.3 Å². The molecule has 2 amide bonds. The summed E-state index contributed by atoms with van der Waals surface area (Å²) in [5.41, 5.74) is 4.43. The van der Waals surface area contributed by atoms with Gasteiger partial charge in [-0.15, -0.1) is 0 Å². The highest BCUT2D eigenvalue weighted by Crippen LogP contribution is 2.31. The zero-order chi connectivity index (χ0) is 25.8. The Labute approximate surface area is 217 Å². The van der Waals surface area contributed by atoms with Crippen LogP contribution in [0.5, 0.6) is 0 Å². The molecule has 1 aliphatic heterocycles. The fourth-order valence-electron chi connectivity index (χ4n) is 4.99. The molecule has 190 valence electrons. The van der Waals surface area contributed by atoms with Crippen LogP contribution >= 0.6 is 0 Å². The number of para-hydroxylation sites is 2. The number of nitrogens with zero attached hydrogens (tertiary/aromatic N) is 3. The predicted molar refractivity (Wildman–Crippen MR) is 145 cm³/mol. The number of rotatable bonds is 7. The summed E-state index contributed by atoms with van der Waals surface area (Å²) in [4.78, 5) is 34.3. The van der Waals surface area contributed by atoms with Crippen molar-refractivity contribution in [3.63, 3.8) is 0 Å². The Morgan fingerprint density at radius 3 is 2.49 bits per heavy atom.